The zero-order valence-electron chi connectivity index (χ0n) is 18.5. The predicted octanol–water partition coefficient (Wildman–Crippen LogP) is 4.47. The van der Waals surface area contributed by atoms with Crippen molar-refractivity contribution >= 4 is 17.5 Å². The third kappa shape index (κ3) is 6.67. The molecule has 6 nitrogen and oxygen atoms in total. The van der Waals surface area contributed by atoms with Crippen LogP contribution in [0.1, 0.15) is 39.1 Å². The number of benzene rings is 3. The second-order valence-electron chi connectivity index (χ2n) is 7.98. The molecule has 1 heterocycles. The van der Waals surface area contributed by atoms with E-state index in [9.17, 15) is 9.59 Å². The monoisotopic (exact) mass is 444 g/mol. The Morgan fingerprint density at radius 2 is 1.58 bits per heavy atom. The van der Waals surface area contributed by atoms with E-state index in [0.717, 1.165) is 31.6 Å². The predicted molar refractivity (Wildman–Crippen MR) is 128 cm³/mol. The number of nitrogens with one attached hydrogen (secondary N) is 2. The zero-order chi connectivity index (χ0) is 22.9. The van der Waals surface area contributed by atoms with Crippen LogP contribution in [0.2, 0.25) is 0 Å². The van der Waals surface area contributed by atoms with E-state index in [-0.39, 0.29) is 17.9 Å². The lowest BCUT2D eigenvalue weighted by Crippen LogP contribution is -2.31. The van der Waals surface area contributed by atoms with Gasteiger partial charge in [-0.1, -0.05) is 30.3 Å². The summed E-state index contributed by atoms with van der Waals surface area (Å²) in [6.45, 7) is 1.85. The lowest BCUT2D eigenvalue weighted by atomic mass is 10.1. The standard InChI is InChI=1S/C27H28N2O4/c30-26(28-19-25-7-4-17-32-25)21-8-12-23(13-9-21)29-27(31)22-10-14-24(15-11-22)33-18-16-20-5-2-1-3-6-20/h1-3,5-6,8-15,25H,4,7,16-19H2,(H,28,30)(H,29,31). The first-order valence-electron chi connectivity index (χ1n) is 11.3. The minimum absolute atomic E-state index is 0.105. The first-order valence-corrected chi connectivity index (χ1v) is 11.3. The SMILES string of the molecule is O=C(NCC1CCCO1)c1ccc(NC(=O)c2ccc(OCCc3ccccc3)cc2)cc1. The Bertz CT molecular complexity index is 1040. The van der Waals surface area contributed by atoms with Crippen LogP contribution in [-0.2, 0) is 11.2 Å². The highest BCUT2D eigenvalue weighted by Gasteiger charge is 2.16. The molecular formula is C27H28N2O4. The fourth-order valence-corrected chi connectivity index (χ4v) is 3.66. The van der Waals surface area contributed by atoms with Crippen molar-refractivity contribution in [1.82, 2.24) is 5.32 Å². The molecule has 2 N–H and O–H groups in total. The molecule has 1 aliphatic heterocycles. The van der Waals surface area contributed by atoms with Gasteiger partial charge in [0.2, 0.25) is 0 Å². The second-order valence-corrected chi connectivity index (χ2v) is 7.98. The van der Waals surface area contributed by atoms with E-state index >= 15 is 0 Å². The van der Waals surface area contributed by atoms with Gasteiger partial charge in [-0.2, -0.15) is 0 Å². The van der Waals surface area contributed by atoms with Gasteiger partial charge in [0, 0.05) is 36.4 Å². The van der Waals surface area contributed by atoms with Gasteiger partial charge in [0.15, 0.2) is 0 Å². The number of amides is 2. The van der Waals surface area contributed by atoms with Crippen molar-refractivity contribution < 1.29 is 19.1 Å². The summed E-state index contributed by atoms with van der Waals surface area (Å²) in [7, 11) is 0. The number of hydrogen-bond donors (Lipinski definition) is 2. The van der Waals surface area contributed by atoms with Gasteiger partial charge in [0.25, 0.3) is 11.8 Å². The molecule has 1 atom stereocenters. The number of anilines is 1. The maximum Gasteiger partial charge on any atom is 0.255 e. The fraction of sp³-hybridized carbons (Fsp3) is 0.259. The first kappa shape index (κ1) is 22.6. The van der Waals surface area contributed by atoms with Gasteiger partial charge in [-0.25, -0.2) is 0 Å². The molecule has 3 aromatic rings. The van der Waals surface area contributed by atoms with Crippen molar-refractivity contribution in [3.05, 3.63) is 95.6 Å². The molecule has 1 unspecified atom stereocenters. The molecule has 6 heteroatoms. The highest BCUT2D eigenvalue weighted by Crippen LogP contribution is 2.16. The van der Waals surface area contributed by atoms with E-state index in [4.69, 9.17) is 9.47 Å². The van der Waals surface area contributed by atoms with Crippen molar-refractivity contribution in [1.29, 1.82) is 0 Å². The number of rotatable bonds is 9. The molecule has 1 aliphatic rings. The van der Waals surface area contributed by atoms with Crippen LogP contribution in [0.25, 0.3) is 0 Å². The second kappa shape index (κ2) is 11.3. The molecule has 170 valence electrons. The molecule has 0 aliphatic carbocycles. The van der Waals surface area contributed by atoms with Gasteiger partial charge in [-0.15, -0.1) is 0 Å². The Kier molecular flexibility index (Phi) is 7.72. The molecule has 3 aromatic carbocycles. The van der Waals surface area contributed by atoms with Crippen molar-refractivity contribution in [2.24, 2.45) is 0 Å². The van der Waals surface area contributed by atoms with E-state index < -0.39 is 0 Å². The molecule has 0 saturated carbocycles. The van der Waals surface area contributed by atoms with E-state index in [1.54, 1.807) is 48.5 Å². The average Bonchev–Trinajstić information content (AvgIpc) is 3.38. The molecule has 1 saturated heterocycles. The van der Waals surface area contributed by atoms with Gasteiger partial charge in [0.05, 0.1) is 12.7 Å². The van der Waals surface area contributed by atoms with Crippen LogP contribution >= 0.6 is 0 Å². The highest BCUT2D eigenvalue weighted by molar-refractivity contribution is 6.04. The number of carbonyl (C=O) groups is 2. The van der Waals surface area contributed by atoms with Crippen LogP contribution in [0.4, 0.5) is 5.69 Å². The maximum atomic E-state index is 12.5. The number of carbonyl (C=O) groups excluding carboxylic acids is 2. The Hall–Kier alpha value is -3.64. The molecule has 0 spiro atoms. The van der Waals surface area contributed by atoms with E-state index in [1.165, 1.54) is 5.56 Å². The molecule has 0 aromatic heterocycles. The summed E-state index contributed by atoms with van der Waals surface area (Å²) in [6, 6.07) is 24.1. The van der Waals surface area contributed by atoms with Gasteiger partial charge in [-0.05, 0) is 66.9 Å². The largest absolute Gasteiger partial charge is 0.493 e. The smallest absolute Gasteiger partial charge is 0.255 e. The summed E-state index contributed by atoms with van der Waals surface area (Å²) < 4.78 is 11.3. The first-order chi connectivity index (χ1) is 16.2. The van der Waals surface area contributed by atoms with Crippen molar-refractivity contribution in [3.8, 4) is 5.75 Å². The lowest BCUT2D eigenvalue weighted by molar-refractivity contribution is 0.0857. The summed E-state index contributed by atoms with van der Waals surface area (Å²) >= 11 is 0. The van der Waals surface area contributed by atoms with Crippen molar-refractivity contribution in [3.63, 3.8) is 0 Å². The summed E-state index contributed by atoms with van der Waals surface area (Å²) in [5, 5.41) is 5.75. The Morgan fingerprint density at radius 3 is 2.27 bits per heavy atom. The van der Waals surface area contributed by atoms with Gasteiger partial charge < -0.3 is 20.1 Å². The quantitative estimate of drug-likeness (QED) is 0.511. The third-order valence-electron chi connectivity index (χ3n) is 5.54. The highest BCUT2D eigenvalue weighted by atomic mass is 16.5. The summed E-state index contributed by atoms with van der Waals surface area (Å²) in [4.78, 5) is 24.8. The van der Waals surface area contributed by atoms with Crippen LogP contribution in [0.3, 0.4) is 0 Å². The lowest BCUT2D eigenvalue weighted by Gasteiger charge is -2.11. The molecule has 2 amide bonds. The Labute approximate surface area is 193 Å². The minimum Gasteiger partial charge on any atom is -0.493 e. The number of ether oxygens (including phenoxy) is 2. The Balaban J connectivity index is 1.24. The van der Waals surface area contributed by atoms with E-state index in [1.807, 2.05) is 18.2 Å². The van der Waals surface area contributed by atoms with Crippen molar-refractivity contribution in [2.45, 2.75) is 25.4 Å². The number of hydrogen-bond acceptors (Lipinski definition) is 4. The van der Waals surface area contributed by atoms with Crippen LogP contribution in [-0.4, -0.2) is 37.7 Å². The summed E-state index contributed by atoms with van der Waals surface area (Å²) in [6.07, 6.45) is 2.95. The van der Waals surface area contributed by atoms with E-state index in [0.29, 0.717) is 30.0 Å². The maximum absolute atomic E-state index is 12.5. The minimum atomic E-state index is -0.221. The van der Waals surface area contributed by atoms with E-state index in [2.05, 4.69) is 22.8 Å². The summed E-state index contributed by atoms with van der Waals surface area (Å²) in [5.41, 5.74) is 2.92. The van der Waals surface area contributed by atoms with Gasteiger partial charge in [-0.3, -0.25) is 9.59 Å². The Morgan fingerprint density at radius 1 is 0.879 bits per heavy atom. The topological polar surface area (TPSA) is 76.7 Å². The van der Waals surface area contributed by atoms with Crippen LogP contribution in [0.5, 0.6) is 5.75 Å². The molecule has 1 fully saturated rings. The molecule has 0 bridgehead atoms. The molecule has 0 radical (unpaired) electrons. The zero-order valence-corrected chi connectivity index (χ0v) is 18.5. The van der Waals surface area contributed by atoms with Gasteiger partial charge in [0.1, 0.15) is 5.75 Å². The average molecular weight is 445 g/mol. The molecule has 33 heavy (non-hydrogen) atoms. The third-order valence-corrected chi connectivity index (χ3v) is 5.54. The van der Waals surface area contributed by atoms with Crippen LogP contribution in [0, 0.1) is 0 Å². The van der Waals surface area contributed by atoms with Gasteiger partial charge >= 0.3 is 0 Å². The normalized spacial score (nSPS) is 15.1. The van der Waals surface area contributed by atoms with Crippen molar-refractivity contribution in [2.75, 3.05) is 25.1 Å². The molecule has 4 rings (SSSR count). The van der Waals surface area contributed by atoms with Crippen LogP contribution in [0.15, 0.2) is 78.9 Å². The summed E-state index contributed by atoms with van der Waals surface area (Å²) in [5.74, 6) is 0.355. The fourth-order valence-electron chi connectivity index (χ4n) is 3.66. The van der Waals surface area contributed by atoms with Crippen LogP contribution < -0.4 is 15.4 Å². The molecular weight excluding hydrogens is 416 g/mol.